The zero-order valence-corrected chi connectivity index (χ0v) is 15.8. The third-order valence-electron chi connectivity index (χ3n) is 3.73. The lowest BCUT2D eigenvalue weighted by atomic mass is 10.1. The summed E-state index contributed by atoms with van der Waals surface area (Å²) in [6.45, 7) is 4.63. The van der Waals surface area contributed by atoms with Gasteiger partial charge in [-0.2, -0.15) is 0 Å². The maximum atomic E-state index is 13.5. The molecule has 2 aromatic rings. The Kier molecular flexibility index (Phi) is 5.94. The average Bonchev–Trinajstić information content (AvgIpc) is 3.01. The summed E-state index contributed by atoms with van der Waals surface area (Å²) in [5.74, 6) is -2.05. The highest BCUT2D eigenvalue weighted by Gasteiger charge is 2.27. The van der Waals surface area contributed by atoms with Crippen LogP contribution < -0.4 is 9.47 Å². The van der Waals surface area contributed by atoms with Crippen molar-refractivity contribution in [2.75, 3.05) is 13.2 Å². The van der Waals surface area contributed by atoms with Crippen molar-refractivity contribution in [3.63, 3.8) is 0 Å². The van der Waals surface area contributed by atoms with E-state index in [9.17, 15) is 13.6 Å². The Balaban J connectivity index is 1.95. The second kappa shape index (κ2) is 8.39. The number of carbonyl (C=O) groups is 1. The summed E-state index contributed by atoms with van der Waals surface area (Å²) < 4.78 is 42.8. The predicted molar refractivity (Wildman–Crippen MR) is 101 cm³/mol. The number of carbonyl (C=O) groups excluding carboxylic acids is 1. The van der Waals surface area contributed by atoms with Crippen molar-refractivity contribution in [1.82, 2.24) is 0 Å². The molecule has 28 heavy (non-hydrogen) atoms. The van der Waals surface area contributed by atoms with Crippen LogP contribution >= 0.6 is 11.6 Å². The fraction of sp³-hybridized carbons (Fsp3) is 0.200. The molecule has 1 aliphatic rings. The topological polar surface area (TPSA) is 57.1 Å². The zero-order valence-electron chi connectivity index (χ0n) is 15.1. The average molecular weight is 408 g/mol. The van der Waals surface area contributed by atoms with Gasteiger partial charge in [-0.05, 0) is 49.8 Å². The van der Waals surface area contributed by atoms with Gasteiger partial charge in [0.05, 0.1) is 23.8 Å². The Hall–Kier alpha value is -2.93. The van der Waals surface area contributed by atoms with Crippen LogP contribution in [-0.4, -0.2) is 25.1 Å². The van der Waals surface area contributed by atoms with Crippen molar-refractivity contribution in [1.29, 1.82) is 0 Å². The van der Waals surface area contributed by atoms with Gasteiger partial charge in [0.15, 0.2) is 28.8 Å². The SMILES string of the molecule is CCOc1ccc(/C=C2/N=C(c3cc(F)c(F)cc3Cl)OC2=O)cc1OCC. The quantitative estimate of drug-likeness (QED) is 0.393. The molecule has 8 heteroatoms. The molecule has 0 N–H and O–H groups in total. The van der Waals surface area contributed by atoms with Crippen LogP contribution in [0.15, 0.2) is 41.0 Å². The van der Waals surface area contributed by atoms with Crippen LogP contribution in [0.25, 0.3) is 6.08 Å². The van der Waals surface area contributed by atoms with E-state index < -0.39 is 17.6 Å². The summed E-state index contributed by atoms with van der Waals surface area (Å²) in [6, 6.07) is 6.78. The summed E-state index contributed by atoms with van der Waals surface area (Å²) in [4.78, 5) is 16.2. The third kappa shape index (κ3) is 4.14. The summed E-state index contributed by atoms with van der Waals surface area (Å²) in [7, 11) is 0. The predicted octanol–water partition coefficient (Wildman–Crippen LogP) is 4.76. The van der Waals surface area contributed by atoms with Crippen molar-refractivity contribution >= 4 is 29.5 Å². The van der Waals surface area contributed by atoms with Crippen LogP contribution in [0.4, 0.5) is 8.78 Å². The first-order valence-corrected chi connectivity index (χ1v) is 8.87. The molecular formula is C20H16ClF2NO4. The number of rotatable bonds is 6. The van der Waals surface area contributed by atoms with E-state index >= 15 is 0 Å². The number of halogens is 3. The van der Waals surface area contributed by atoms with Crippen LogP contribution in [0.3, 0.4) is 0 Å². The fourth-order valence-corrected chi connectivity index (χ4v) is 2.76. The number of benzene rings is 2. The Morgan fingerprint density at radius 2 is 1.75 bits per heavy atom. The van der Waals surface area contributed by atoms with Crippen molar-refractivity contribution in [2.45, 2.75) is 13.8 Å². The number of hydrogen-bond acceptors (Lipinski definition) is 5. The summed E-state index contributed by atoms with van der Waals surface area (Å²) in [6.07, 6.45) is 1.49. The van der Waals surface area contributed by atoms with E-state index in [1.54, 1.807) is 18.2 Å². The molecule has 1 aliphatic heterocycles. The van der Waals surface area contributed by atoms with E-state index in [1.807, 2.05) is 13.8 Å². The molecule has 146 valence electrons. The first-order chi connectivity index (χ1) is 13.4. The molecule has 5 nitrogen and oxygen atoms in total. The molecule has 0 aliphatic carbocycles. The van der Waals surface area contributed by atoms with Gasteiger partial charge < -0.3 is 14.2 Å². The van der Waals surface area contributed by atoms with E-state index in [1.165, 1.54) is 6.08 Å². The van der Waals surface area contributed by atoms with Gasteiger partial charge in [0.25, 0.3) is 0 Å². The summed E-state index contributed by atoms with van der Waals surface area (Å²) in [5.41, 5.74) is 0.599. The first-order valence-electron chi connectivity index (χ1n) is 8.50. The Morgan fingerprint density at radius 3 is 2.46 bits per heavy atom. The molecule has 0 saturated carbocycles. The molecule has 2 aromatic carbocycles. The smallest absolute Gasteiger partial charge is 0.363 e. The largest absolute Gasteiger partial charge is 0.490 e. The van der Waals surface area contributed by atoms with Crippen LogP contribution in [-0.2, 0) is 9.53 Å². The molecule has 0 spiro atoms. The van der Waals surface area contributed by atoms with E-state index in [-0.39, 0.29) is 22.2 Å². The van der Waals surface area contributed by atoms with Gasteiger partial charge in [0, 0.05) is 0 Å². The van der Waals surface area contributed by atoms with Crippen molar-refractivity contribution < 1.29 is 27.8 Å². The summed E-state index contributed by atoms with van der Waals surface area (Å²) >= 11 is 5.91. The second-order valence-corrected chi connectivity index (χ2v) is 6.06. The molecule has 0 aromatic heterocycles. The minimum Gasteiger partial charge on any atom is -0.490 e. The molecule has 0 bridgehead atoms. The van der Waals surface area contributed by atoms with Gasteiger partial charge in [-0.1, -0.05) is 17.7 Å². The third-order valence-corrected chi connectivity index (χ3v) is 4.04. The molecule has 0 saturated heterocycles. The number of ether oxygens (including phenoxy) is 3. The van der Waals surface area contributed by atoms with Crippen LogP contribution in [0.2, 0.25) is 5.02 Å². The highest BCUT2D eigenvalue weighted by Crippen LogP contribution is 2.31. The van der Waals surface area contributed by atoms with E-state index in [0.717, 1.165) is 12.1 Å². The minimum absolute atomic E-state index is 0.0117. The van der Waals surface area contributed by atoms with Gasteiger partial charge in [0.2, 0.25) is 5.90 Å². The second-order valence-electron chi connectivity index (χ2n) is 5.65. The summed E-state index contributed by atoms with van der Waals surface area (Å²) in [5, 5.41) is -0.119. The number of cyclic esters (lactones) is 1. The van der Waals surface area contributed by atoms with Crippen LogP contribution in [0.1, 0.15) is 25.0 Å². The van der Waals surface area contributed by atoms with Gasteiger partial charge in [-0.15, -0.1) is 0 Å². The lowest BCUT2D eigenvalue weighted by molar-refractivity contribution is -0.129. The zero-order chi connectivity index (χ0) is 20.3. The molecule has 0 radical (unpaired) electrons. The molecule has 0 unspecified atom stereocenters. The van der Waals surface area contributed by atoms with Gasteiger partial charge in [-0.3, -0.25) is 0 Å². The number of nitrogens with zero attached hydrogens (tertiary/aromatic N) is 1. The van der Waals surface area contributed by atoms with Crippen LogP contribution in [0, 0.1) is 11.6 Å². The maximum Gasteiger partial charge on any atom is 0.363 e. The minimum atomic E-state index is -1.12. The van der Waals surface area contributed by atoms with Gasteiger partial charge in [0.1, 0.15) is 0 Å². The highest BCUT2D eigenvalue weighted by molar-refractivity contribution is 6.34. The Morgan fingerprint density at radius 1 is 1.07 bits per heavy atom. The van der Waals surface area contributed by atoms with E-state index in [4.69, 9.17) is 25.8 Å². The monoisotopic (exact) mass is 407 g/mol. The number of esters is 1. The van der Waals surface area contributed by atoms with E-state index in [2.05, 4.69) is 4.99 Å². The molecular weight excluding hydrogens is 392 g/mol. The van der Waals surface area contributed by atoms with E-state index in [0.29, 0.717) is 30.3 Å². The van der Waals surface area contributed by atoms with Crippen LogP contribution in [0.5, 0.6) is 11.5 Å². The Labute approximate surface area is 165 Å². The highest BCUT2D eigenvalue weighted by atomic mass is 35.5. The van der Waals surface area contributed by atoms with Gasteiger partial charge >= 0.3 is 5.97 Å². The molecule has 1 heterocycles. The lowest BCUT2D eigenvalue weighted by Crippen LogP contribution is -2.07. The first kappa shape index (κ1) is 19.8. The van der Waals surface area contributed by atoms with Gasteiger partial charge in [-0.25, -0.2) is 18.6 Å². The fourth-order valence-electron chi connectivity index (χ4n) is 2.53. The maximum absolute atomic E-state index is 13.5. The molecule has 0 fully saturated rings. The molecule has 3 rings (SSSR count). The Bertz CT molecular complexity index is 988. The lowest BCUT2D eigenvalue weighted by Gasteiger charge is -2.11. The number of hydrogen-bond donors (Lipinski definition) is 0. The van der Waals surface area contributed by atoms with Crippen molar-refractivity contribution in [3.8, 4) is 11.5 Å². The number of aliphatic imine (C=N–C) groups is 1. The molecule has 0 atom stereocenters. The molecule has 0 amide bonds. The standard InChI is InChI=1S/C20H16ClF2NO4/c1-3-26-17-6-5-11(8-18(17)27-4-2)7-16-20(25)28-19(24-16)12-9-14(22)15(23)10-13(12)21/h5-10H,3-4H2,1-2H3/b16-7+. The van der Waals surface area contributed by atoms with Crippen molar-refractivity contribution in [2.24, 2.45) is 4.99 Å². The van der Waals surface area contributed by atoms with Crippen molar-refractivity contribution in [3.05, 3.63) is 63.8 Å². The normalized spacial score (nSPS) is 14.8.